The summed E-state index contributed by atoms with van der Waals surface area (Å²) in [6.45, 7) is 1.88. The van der Waals surface area contributed by atoms with Crippen molar-refractivity contribution in [3.8, 4) is 0 Å². The summed E-state index contributed by atoms with van der Waals surface area (Å²) in [6.07, 6.45) is 1.56. The second kappa shape index (κ2) is 9.52. The van der Waals surface area contributed by atoms with Crippen LogP contribution in [0, 0.1) is 0 Å². The Morgan fingerprint density at radius 2 is 1.77 bits per heavy atom. The van der Waals surface area contributed by atoms with Crippen LogP contribution >= 0.6 is 11.6 Å². The van der Waals surface area contributed by atoms with Gasteiger partial charge in [0.2, 0.25) is 15.9 Å². The molecule has 26 heavy (non-hydrogen) atoms. The number of benzene rings is 2. The van der Waals surface area contributed by atoms with Crippen LogP contribution < -0.4 is 10.0 Å². The SMILES string of the molecule is CC(NC(=O)CCNS(=O)(=O)/C=C/c1ccccc1)c1ccc(Cl)cc1. The minimum absolute atomic E-state index is 0.0284. The Labute approximate surface area is 159 Å². The van der Waals surface area contributed by atoms with Crippen LogP contribution in [0.4, 0.5) is 0 Å². The summed E-state index contributed by atoms with van der Waals surface area (Å²) in [5.41, 5.74) is 1.71. The third-order valence-electron chi connectivity index (χ3n) is 3.64. The highest BCUT2D eigenvalue weighted by Crippen LogP contribution is 2.16. The number of carbonyl (C=O) groups excluding carboxylic acids is 1. The first-order chi connectivity index (χ1) is 12.4. The van der Waals surface area contributed by atoms with E-state index in [1.54, 1.807) is 24.3 Å². The molecule has 0 aromatic heterocycles. The largest absolute Gasteiger partial charge is 0.350 e. The zero-order valence-corrected chi connectivity index (χ0v) is 15.9. The molecular formula is C19H21ClN2O3S. The molecule has 0 heterocycles. The van der Waals surface area contributed by atoms with Crippen LogP contribution in [0.3, 0.4) is 0 Å². The molecule has 1 unspecified atom stereocenters. The van der Waals surface area contributed by atoms with Gasteiger partial charge >= 0.3 is 0 Å². The lowest BCUT2D eigenvalue weighted by atomic mass is 10.1. The van der Waals surface area contributed by atoms with Crippen molar-refractivity contribution in [3.63, 3.8) is 0 Å². The monoisotopic (exact) mass is 392 g/mol. The van der Waals surface area contributed by atoms with E-state index in [0.29, 0.717) is 5.02 Å². The summed E-state index contributed by atoms with van der Waals surface area (Å²) < 4.78 is 26.2. The van der Waals surface area contributed by atoms with Crippen LogP contribution in [0.15, 0.2) is 60.0 Å². The van der Waals surface area contributed by atoms with Crippen molar-refractivity contribution in [1.82, 2.24) is 10.0 Å². The molecule has 2 aromatic carbocycles. The molecule has 0 aliphatic rings. The average Bonchev–Trinajstić information content (AvgIpc) is 2.61. The van der Waals surface area contributed by atoms with Crippen molar-refractivity contribution in [3.05, 3.63) is 76.2 Å². The summed E-state index contributed by atoms with van der Waals surface area (Å²) in [4.78, 5) is 12.0. The fourth-order valence-corrected chi connectivity index (χ4v) is 3.18. The van der Waals surface area contributed by atoms with Gasteiger partial charge in [0.1, 0.15) is 0 Å². The molecule has 1 amide bonds. The number of nitrogens with one attached hydrogen (secondary N) is 2. The summed E-state index contributed by atoms with van der Waals surface area (Å²) in [6, 6.07) is 16.1. The third kappa shape index (κ3) is 7.00. The number of hydrogen-bond donors (Lipinski definition) is 2. The molecule has 0 radical (unpaired) electrons. The molecule has 0 aliphatic heterocycles. The van der Waals surface area contributed by atoms with Crippen molar-refractivity contribution >= 4 is 33.6 Å². The second-order valence-electron chi connectivity index (χ2n) is 5.74. The Hall–Kier alpha value is -2.15. The highest BCUT2D eigenvalue weighted by Gasteiger charge is 2.11. The smallest absolute Gasteiger partial charge is 0.233 e. The van der Waals surface area contributed by atoms with Gasteiger partial charge < -0.3 is 5.32 Å². The highest BCUT2D eigenvalue weighted by atomic mass is 35.5. The maximum Gasteiger partial charge on any atom is 0.233 e. The molecule has 0 aliphatic carbocycles. The Balaban J connectivity index is 1.78. The van der Waals surface area contributed by atoms with Gasteiger partial charge in [-0.25, -0.2) is 13.1 Å². The van der Waals surface area contributed by atoms with E-state index in [0.717, 1.165) is 16.5 Å². The molecule has 0 saturated heterocycles. The van der Waals surface area contributed by atoms with Gasteiger partial charge in [-0.15, -0.1) is 0 Å². The normalized spacial score (nSPS) is 12.8. The maximum absolute atomic E-state index is 12.0. The number of hydrogen-bond acceptors (Lipinski definition) is 3. The quantitative estimate of drug-likeness (QED) is 0.721. The van der Waals surface area contributed by atoms with E-state index in [2.05, 4.69) is 10.0 Å². The third-order valence-corrected chi connectivity index (χ3v) is 4.99. The first-order valence-electron chi connectivity index (χ1n) is 8.13. The van der Waals surface area contributed by atoms with Crippen LogP contribution in [-0.4, -0.2) is 20.9 Å². The van der Waals surface area contributed by atoms with Gasteiger partial charge in [-0.2, -0.15) is 0 Å². The van der Waals surface area contributed by atoms with Crippen LogP contribution in [0.5, 0.6) is 0 Å². The Morgan fingerprint density at radius 3 is 2.42 bits per heavy atom. The highest BCUT2D eigenvalue weighted by molar-refractivity contribution is 7.92. The van der Waals surface area contributed by atoms with Gasteiger partial charge in [0.15, 0.2) is 0 Å². The molecule has 0 saturated carbocycles. The summed E-state index contributed by atoms with van der Waals surface area (Å²) in [7, 11) is -3.59. The van der Waals surface area contributed by atoms with Crippen LogP contribution in [0.25, 0.3) is 6.08 Å². The zero-order chi connectivity index (χ0) is 19.0. The number of halogens is 1. The molecular weight excluding hydrogens is 372 g/mol. The molecule has 2 rings (SSSR count). The van der Waals surface area contributed by atoms with Crippen LogP contribution in [0.2, 0.25) is 5.02 Å². The minimum atomic E-state index is -3.59. The van der Waals surface area contributed by atoms with E-state index >= 15 is 0 Å². The van der Waals surface area contributed by atoms with Crippen molar-refractivity contribution in [1.29, 1.82) is 0 Å². The van der Waals surface area contributed by atoms with Crippen molar-refractivity contribution < 1.29 is 13.2 Å². The van der Waals surface area contributed by atoms with Crippen molar-refractivity contribution in [2.45, 2.75) is 19.4 Å². The van der Waals surface area contributed by atoms with Gasteiger partial charge in [0, 0.05) is 23.4 Å². The fourth-order valence-electron chi connectivity index (χ4n) is 2.24. The summed E-state index contributed by atoms with van der Waals surface area (Å²) in [5, 5.41) is 4.55. The van der Waals surface area contributed by atoms with E-state index in [1.807, 2.05) is 37.3 Å². The Morgan fingerprint density at radius 1 is 1.12 bits per heavy atom. The lowest BCUT2D eigenvalue weighted by Crippen LogP contribution is -2.31. The standard InChI is InChI=1S/C19H21ClN2O3S/c1-15(17-7-9-18(20)10-8-17)22-19(23)11-13-21-26(24,25)14-12-16-5-3-2-4-6-16/h2-10,12,14-15,21H,11,13H2,1H3,(H,22,23)/b14-12+. The van der Waals surface area contributed by atoms with Crippen molar-refractivity contribution in [2.75, 3.05) is 6.54 Å². The van der Waals surface area contributed by atoms with E-state index in [9.17, 15) is 13.2 Å². The molecule has 138 valence electrons. The number of rotatable bonds is 8. The molecule has 7 heteroatoms. The molecule has 0 fully saturated rings. The maximum atomic E-state index is 12.0. The van der Waals surface area contributed by atoms with Gasteiger partial charge in [0.05, 0.1) is 6.04 Å². The number of sulfonamides is 1. The first kappa shape index (κ1) is 20.2. The predicted molar refractivity (Wildman–Crippen MR) is 105 cm³/mol. The summed E-state index contributed by atoms with van der Waals surface area (Å²) in [5.74, 6) is -0.234. The molecule has 0 bridgehead atoms. The van der Waals surface area contributed by atoms with Gasteiger partial charge in [-0.3, -0.25) is 4.79 Å². The Kier molecular flexibility index (Phi) is 7.38. The van der Waals surface area contributed by atoms with Gasteiger partial charge in [0.25, 0.3) is 0 Å². The molecule has 5 nitrogen and oxygen atoms in total. The van der Waals surface area contributed by atoms with Gasteiger partial charge in [-0.05, 0) is 36.3 Å². The topological polar surface area (TPSA) is 75.3 Å². The van der Waals surface area contributed by atoms with Crippen LogP contribution in [0.1, 0.15) is 30.5 Å². The molecule has 2 N–H and O–H groups in total. The average molecular weight is 393 g/mol. The lowest BCUT2D eigenvalue weighted by molar-refractivity contribution is -0.121. The lowest BCUT2D eigenvalue weighted by Gasteiger charge is -2.14. The summed E-state index contributed by atoms with van der Waals surface area (Å²) >= 11 is 5.84. The van der Waals surface area contributed by atoms with E-state index < -0.39 is 10.0 Å². The number of amides is 1. The Bertz CT molecular complexity index is 850. The molecule has 0 spiro atoms. The van der Waals surface area contributed by atoms with E-state index in [4.69, 9.17) is 11.6 Å². The zero-order valence-electron chi connectivity index (χ0n) is 14.4. The first-order valence-corrected chi connectivity index (χ1v) is 10.1. The molecule has 1 atom stereocenters. The fraction of sp³-hybridized carbons (Fsp3) is 0.211. The predicted octanol–water partition coefficient (Wildman–Crippen LogP) is 3.50. The van der Waals surface area contributed by atoms with Gasteiger partial charge in [-0.1, -0.05) is 54.1 Å². The second-order valence-corrected chi connectivity index (χ2v) is 7.83. The van der Waals surface area contributed by atoms with E-state index in [1.165, 1.54) is 6.08 Å². The number of carbonyl (C=O) groups is 1. The van der Waals surface area contributed by atoms with Crippen LogP contribution in [-0.2, 0) is 14.8 Å². The molecule has 2 aromatic rings. The van der Waals surface area contributed by atoms with Crippen molar-refractivity contribution in [2.24, 2.45) is 0 Å². The minimum Gasteiger partial charge on any atom is -0.350 e. The van der Waals surface area contributed by atoms with E-state index in [-0.39, 0.29) is 24.9 Å².